The number of amides is 3. The number of nitrogens with one attached hydrogen (secondary N) is 2. The van der Waals surface area contributed by atoms with Gasteiger partial charge in [0.25, 0.3) is 5.91 Å². The van der Waals surface area contributed by atoms with Gasteiger partial charge in [0.15, 0.2) is 0 Å². The lowest BCUT2D eigenvalue weighted by molar-refractivity contribution is -0.138. The van der Waals surface area contributed by atoms with E-state index >= 15 is 0 Å². The zero-order valence-electron chi connectivity index (χ0n) is 9.74. The number of nitrogens with zero attached hydrogens (tertiary/aromatic N) is 1. The second-order valence-corrected chi connectivity index (χ2v) is 4.02. The van der Waals surface area contributed by atoms with Crippen LogP contribution in [0.5, 0.6) is 0 Å². The van der Waals surface area contributed by atoms with Crippen LogP contribution in [0.2, 0.25) is 0 Å². The lowest BCUT2D eigenvalue weighted by Crippen LogP contribution is -2.44. The van der Waals surface area contributed by atoms with Crippen molar-refractivity contribution < 1.29 is 14.4 Å². The lowest BCUT2D eigenvalue weighted by atomic mass is 10.1. The Kier molecular flexibility index (Phi) is 4.00. The summed E-state index contributed by atoms with van der Waals surface area (Å²) < 4.78 is 0. The van der Waals surface area contributed by atoms with Gasteiger partial charge in [-0.2, -0.15) is 0 Å². The Hall–Kier alpha value is -1.43. The highest BCUT2D eigenvalue weighted by Gasteiger charge is 2.37. The third-order valence-corrected chi connectivity index (χ3v) is 2.66. The van der Waals surface area contributed by atoms with Gasteiger partial charge >= 0.3 is 0 Å². The van der Waals surface area contributed by atoms with E-state index < -0.39 is 6.04 Å². The van der Waals surface area contributed by atoms with Crippen LogP contribution in [0.25, 0.3) is 0 Å². The van der Waals surface area contributed by atoms with E-state index in [1.807, 2.05) is 0 Å². The molecule has 90 valence electrons. The van der Waals surface area contributed by atoms with E-state index in [0.717, 1.165) is 4.90 Å². The first kappa shape index (κ1) is 12.6. The quantitative estimate of drug-likeness (QED) is 0.586. The van der Waals surface area contributed by atoms with Gasteiger partial charge in [-0.15, -0.1) is 0 Å². The normalized spacial score (nSPS) is 22.4. The molecule has 1 heterocycles. The van der Waals surface area contributed by atoms with Crippen molar-refractivity contribution in [2.24, 2.45) is 5.92 Å². The average Bonchev–Trinajstić information content (AvgIpc) is 2.47. The molecule has 0 radical (unpaired) electrons. The maximum absolute atomic E-state index is 11.6. The number of likely N-dealkylation sites (N-methyl/N-ethyl adjacent to an activating group) is 1. The molecule has 0 spiro atoms. The van der Waals surface area contributed by atoms with Gasteiger partial charge in [0.05, 0.1) is 6.42 Å². The van der Waals surface area contributed by atoms with Crippen molar-refractivity contribution in [3.63, 3.8) is 0 Å². The average molecular weight is 227 g/mol. The van der Waals surface area contributed by atoms with Gasteiger partial charge < -0.3 is 10.6 Å². The molecule has 0 bridgehead atoms. The van der Waals surface area contributed by atoms with Crippen molar-refractivity contribution in [1.82, 2.24) is 15.5 Å². The Morgan fingerprint density at radius 3 is 2.62 bits per heavy atom. The van der Waals surface area contributed by atoms with Gasteiger partial charge in [0, 0.05) is 19.5 Å². The summed E-state index contributed by atoms with van der Waals surface area (Å²) in [5.74, 6) is -1.03. The number of hydrogen-bond acceptors (Lipinski definition) is 4. The molecular formula is C10H17N3O3. The third kappa shape index (κ3) is 2.57. The van der Waals surface area contributed by atoms with Crippen LogP contribution >= 0.6 is 0 Å². The second-order valence-electron chi connectivity index (χ2n) is 4.02. The molecule has 2 N–H and O–H groups in total. The topological polar surface area (TPSA) is 78.5 Å². The van der Waals surface area contributed by atoms with E-state index in [2.05, 4.69) is 10.6 Å². The van der Waals surface area contributed by atoms with Gasteiger partial charge in [0.2, 0.25) is 11.8 Å². The zero-order chi connectivity index (χ0) is 12.3. The highest BCUT2D eigenvalue weighted by atomic mass is 16.2. The molecule has 2 unspecified atom stereocenters. The molecule has 1 fully saturated rings. The molecule has 2 atom stereocenters. The zero-order valence-corrected chi connectivity index (χ0v) is 9.74. The largest absolute Gasteiger partial charge is 0.343 e. The molecule has 1 rings (SSSR count). The number of rotatable bonds is 4. The second kappa shape index (κ2) is 5.07. The summed E-state index contributed by atoms with van der Waals surface area (Å²) in [6.07, 6.45) is 0.0628. The number of imide groups is 1. The molecule has 1 saturated heterocycles. The molecule has 1 aliphatic heterocycles. The SMILES string of the molecule is CNCC(C)C(=O)NC1CC(=O)N(C)C1=O. The van der Waals surface area contributed by atoms with Crippen molar-refractivity contribution in [3.05, 3.63) is 0 Å². The molecule has 0 aromatic heterocycles. The van der Waals surface area contributed by atoms with E-state index in [-0.39, 0.29) is 30.1 Å². The Morgan fingerprint density at radius 1 is 1.56 bits per heavy atom. The highest BCUT2D eigenvalue weighted by Crippen LogP contribution is 2.11. The number of carbonyl (C=O) groups is 3. The minimum atomic E-state index is -0.690. The van der Waals surface area contributed by atoms with Crippen LogP contribution in [0.3, 0.4) is 0 Å². The fraction of sp³-hybridized carbons (Fsp3) is 0.700. The molecule has 3 amide bonds. The van der Waals surface area contributed by atoms with Crippen molar-refractivity contribution in [1.29, 1.82) is 0 Å². The van der Waals surface area contributed by atoms with Crippen LogP contribution in [0.1, 0.15) is 13.3 Å². The first-order valence-electron chi connectivity index (χ1n) is 5.22. The van der Waals surface area contributed by atoms with E-state index in [4.69, 9.17) is 0 Å². The maximum Gasteiger partial charge on any atom is 0.252 e. The van der Waals surface area contributed by atoms with Crippen LogP contribution in [0, 0.1) is 5.92 Å². The summed E-state index contributed by atoms with van der Waals surface area (Å²) >= 11 is 0. The predicted molar refractivity (Wildman–Crippen MR) is 57.4 cm³/mol. The molecular weight excluding hydrogens is 210 g/mol. The van der Waals surface area contributed by atoms with E-state index in [1.54, 1.807) is 14.0 Å². The summed E-state index contributed by atoms with van der Waals surface area (Å²) in [6, 6.07) is -0.690. The van der Waals surface area contributed by atoms with E-state index in [9.17, 15) is 14.4 Å². The van der Waals surface area contributed by atoms with Gasteiger partial charge in [-0.05, 0) is 7.05 Å². The maximum atomic E-state index is 11.6. The van der Waals surface area contributed by atoms with Crippen LogP contribution in [0.15, 0.2) is 0 Å². The molecule has 0 aliphatic carbocycles. The number of carbonyl (C=O) groups excluding carboxylic acids is 3. The molecule has 0 aromatic rings. The third-order valence-electron chi connectivity index (χ3n) is 2.66. The minimum Gasteiger partial charge on any atom is -0.343 e. The monoisotopic (exact) mass is 227 g/mol. The first-order chi connectivity index (χ1) is 7.47. The van der Waals surface area contributed by atoms with Gasteiger partial charge in [-0.1, -0.05) is 6.92 Å². The van der Waals surface area contributed by atoms with Crippen LogP contribution in [0.4, 0.5) is 0 Å². The summed E-state index contributed by atoms with van der Waals surface area (Å²) in [5, 5.41) is 5.46. The molecule has 6 heteroatoms. The highest BCUT2D eigenvalue weighted by molar-refractivity contribution is 6.06. The van der Waals surface area contributed by atoms with Crippen molar-refractivity contribution >= 4 is 17.7 Å². The summed E-state index contributed by atoms with van der Waals surface area (Å²) in [5.41, 5.74) is 0. The van der Waals surface area contributed by atoms with E-state index in [1.165, 1.54) is 7.05 Å². The number of likely N-dealkylation sites (tertiary alicyclic amines) is 1. The molecule has 6 nitrogen and oxygen atoms in total. The Bertz CT molecular complexity index is 316. The molecule has 0 aromatic carbocycles. The fourth-order valence-corrected chi connectivity index (χ4v) is 1.58. The van der Waals surface area contributed by atoms with Crippen molar-refractivity contribution in [3.8, 4) is 0 Å². The predicted octanol–water partition coefficient (Wildman–Crippen LogP) is -1.28. The van der Waals surface area contributed by atoms with Crippen LogP contribution in [-0.4, -0.2) is 49.3 Å². The Labute approximate surface area is 94.4 Å². The van der Waals surface area contributed by atoms with Crippen molar-refractivity contribution in [2.75, 3.05) is 20.6 Å². The minimum absolute atomic E-state index is 0.0628. The molecule has 16 heavy (non-hydrogen) atoms. The summed E-state index contributed by atoms with van der Waals surface area (Å²) in [7, 11) is 3.18. The Balaban J connectivity index is 2.53. The smallest absolute Gasteiger partial charge is 0.252 e. The number of hydrogen-bond donors (Lipinski definition) is 2. The van der Waals surface area contributed by atoms with Gasteiger partial charge in [-0.3, -0.25) is 19.3 Å². The van der Waals surface area contributed by atoms with Crippen molar-refractivity contribution in [2.45, 2.75) is 19.4 Å². The summed E-state index contributed by atoms with van der Waals surface area (Å²) in [6.45, 7) is 2.30. The fourth-order valence-electron chi connectivity index (χ4n) is 1.58. The lowest BCUT2D eigenvalue weighted by Gasteiger charge is -2.15. The standard InChI is InChI=1S/C10H17N3O3/c1-6(5-11-2)9(15)12-7-4-8(14)13(3)10(7)16/h6-7,11H,4-5H2,1-3H3,(H,12,15). The van der Waals surface area contributed by atoms with Gasteiger partial charge in [-0.25, -0.2) is 0 Å². The van der Waals surface area contributed by atoms with Crippen LogP contribution < -0.4 is 10.6 Å². The Morgan fingerprint density at radius 2 is 2.19 bits per heavy atom. The molecule has 0 saturated carbocycles. The van der Waals surface area contributed by atoms with E-state index in [0.29, 0.717) is 6.54 Å². The first-order valence-corrected chi connectivity index (χ1v) is 5.22. The summed E-state index contributed by atoms with van der Waals surface area (Å²) in [4.78, 5) is 35.4. The van der Waals surface area contributed by atoms with Crippen LogP contribution in [-0.2, 0) is 14.4 Å². The molecule has 1 aliphatic rings. The van der Waals surface area contributed by atoms with Gasteiger partial charge in [0.1, 0.15) is 6.04 Å².